The van der Waals surface area contributed by atoms with E-state index in [0.29, 0.717) is 0 Å². The van der Waals surface area contributed by atoms with Crippen molar-refractivity contribution in [2.24, 2.45) is 5.41 Å². The fraction of sp³-hybridized carbons (Fsp3) is 0.733. The number of thiazole rings is 1. The Morgan fingerprint density at radius 3 is 2.50 bits per heavy atom. The van der Waals surface area contributed by atoms with Crippen LogP contribution in [0.3, 0.4) is 0 Å². The van der Waals surface area contributed by atoms with Crippen LogP contribution in [0.1, 0.15) is 48.2 Å². The lowest BCUT2D eigenvalue weighted by atomic mass is 9.75. The number of carboxylic acids is 1. The van der Waals surface area contributed by atoms with Crippen LogP contribution in [0.5, 0.6) is 0 Å². The Balaban J connectivity index is 1.97. The molecule has 1 fully saturated rings. The van der Waals surface area contributed by atoms with E-state index in [1.165, 1.54) is 4.88 Å². The van der Waals surface area contributed by atoms with Crippen LogP contribution in [0.4, 0.5) is 0 Å². The van der Waals surface area contributed by atoms with Crippen LogP contribution in [-0.4, -0.2) is 34.0 Å². The van der Waals surface area contributed by atoms with Crippen LogP contribution >= 0.6 is 11.3 Å². The summed E-state index contributed by atoms with van der Waals surface area (Å²) in [6.07, 6.45) is 3.29. The van der Waals surface area contributed by atoms with E-state index in [9.17, 15) is 9.90 Å². The molecule has 112 valence electrons. The van der Waals surface area contributed by atoms with Crippen molar-refractivity contribution in [3.8, 4) is 0 Å². The second-order valence-corrected chi connectivity index (χ2v) is 7.14. The summed E-state index contributed by atoms with van der Waals surface area (Å²) in [7, 11) is 0. The molecule has 0 atom stereocenters. The number of aryl methyl sites for hydroxylation is 2. The van der Waals surface area contributed by atoms with Crippen molar-refractivity contribution in [2.75, 3.05) is 13.1 Å². The molecular weight excluding hydrogens is 272 g/mol. The van der Waals surface area contributed by atoms with Crippen molar-refractivity contribution in [3.05, 3.63) is 15.6 Å². The van der Waals surface area contributed by atoms with Gasteiger partial charge in [-0.1, -0.05) is 13.3 Å². The van der Waals surface area contributed by atoms with E-state index in [0.717, 1.165) is 56.0 Å². The third-order valence-corrected chi connectivity index (χ3v) is 5.42. The van der Waals surface area contributed by atoms with E-state index < -0.39 is 11.4 Å². The highest BCUT2D eigenvalue weighted by Crippen LogP contribution is 2.37. The van der Waals surface area contributed by atoms with Gasteiger partial charge in [0.05, 0.1) is 16.1 Å². The van der Waals surface area contributed by atoms with E-state index in [4.69, 9.17) is 0 Å². The first kappa shape index (κ1) is 15.4. The van der Waals surface area contributed by atoms with Gasteiger partial charge in [0.1, 0.15) is 0 Å². The van der Waals surface area contributed by atoms with Gasteiger partial charge < -0.3 is 5.11 Å². The fourth-order valence-corrected chi connectivity index (χ4v) is 4.09. The molecule has 1 aromatic heterocycles. The van der Waals surface area contributed by atoms with E-state index in [1.807, 2.05) is 6.92 Å². The molecule has 1 aromatic rings. The third-order valence-electron chi connectivity index (χ3n) is 4.36. The molecule has 1 N–H and O–H groups in total. The van der Waals surface area contributed by atoms with Crippen LogP contribution in [0.2, 0.25) is 0 Å². The van der Waals surface area contributed by atoms with Crippen LogP contribution in [0.15, 0.2) is 0 Å². The number of likely N-dealkylation sites (tertiary alicyclic amines) is 1. The lowest BCUT2D eigenvalue weighted by Crippen LogP contribution is -2.44. The van der Waals surface area contributed by atoms with Gasteiger partial charge in [-0.2, -0.15) is 0 Å². The average Bonchev–Trinajstić information content (AvgIpc) is 2.70. The number of carboxylic acid groups (broad SMARTS) is 1. The first-order valence-electron chi connectivity index (χ1n) is 7.35. The summed E-state index contributed by atoms with van der Waals surface area (Å²) < 4.78 is 0. The molecule has 0 unspecified atom stereocenters. The molecule has 0 radical (unpaired) electrons. The topological polar surface area (TPSA) is 53.4 Å². The van der Waals surface area contributed by atoms with Gasteiger partial charge in [-0.3, -0.25) is 9.69 Å². The maximum absolute atomic E-state index is 11.6. The number of aliphatic carboxylic acids is 1. The van der Waals surface area contributed by atoms with E-state index in [-0.39, 0.29) is 0 Å². The third kappa shape index (κ3) is 3.20. The molecule has 1 aliphatic rings. The number of piperidine rings is 1. The van der Waals surface area contributed by atoms with Crippen molar-refractivity contribution in [1.82, 2.24) is 9.88 Å². The second-order valence-electron chi connectivity index (χ2n) is 5.85. The van der Waals surface area contributed by atoms with E-state index in [2.05, 4.69) is 23.7 Å². The quantitative estimate of drug-likeness (QED) is 0.906. The van der Waals surface area contributed by atoms with Gasteiger partial charge in [0, 0.05) is 11.4 Å². The maximum Gasteiger partial charge on any atom is 0.309 e. The summed E-state index contributed by atoms with van der Waals surface area (Å²) in [6.45, 7) is 8.83. The molecule has 0 amide bonds. The Morgan fingerprint density at radius 1 is 1.40 bits per heavy atom. The molecule has 2 heterocycles. The van der Waals surface area contributed by atoms with Gasteiger partial charge in [-0.05, 0) is 46.2 Å². The lowest BCUT2D eigenvalue weighted by molar-refractivity contribution is -0.152. The molecule has 5 heteroatoms. The summed E-state index contributed by atoms with van der Waals surface area (Å²) in [6, 6.07) is 0. The van der Waals surface area contributed by atoms with Crippen molar-refractivity contribution >= 4 is 17.3 Å². The first-order chi connectivity index (χ1) is 9.47. The minimum Gasteiger partial charge on any atom is -0.481 e. The van der Waals surface area contributed by atoms with Crippen LogP contribution in [-0.2, 0) is 11.3 Å². The zero-order valence-electron chi connectivity index (χ0n) is 12.6. The van der Waals surface area contributed by atoms with Gasteiger partial charge in [0.15, 0.2) is 0 Å². The molecule has 4 nitrogen and oxygen atoms in total. The molecule has 1 saturated heterocycles. The fourth-order valence-electron chi connectivity index (χ4n) is 3.11. The summed E-state index contributed by atoms with van der Waals surface area (Å²) in [5.74, 6) is -0.608. The minimum atomic E-state index is -0.608. The van der Waals surface area contributed by atoms with Gasteiger partial charge >= 0.3 is 5.97 Å². The summed E-state index contributed by atoms with van der Waals surface area (Å²) in [5.41, 5.74) is 0.639. The average molecular weight is 296 g/mol. The van der Waals surface area contributed by atoms with Gasteiger partial charge in [-0.25, -0.2) is 4.98 Å². The lowest BCUT2D eigenvalue weighted by Gasteiger charge is -2.38. The van der Waals surface area contributed by atoms with Crippen LogP contribution in [0, 0.1) is 19.3 Å². The molecule has 0 aromatic carbocycles. The highest BCUT2D eigenvalue weighted by molar-refractivity contribution is 7.11. The monoisotopic (exact) mass is 296 g/mol. The minimum absolute atomic E-state index is 0.482. The second kappa shape index (κ2) is 6.22. The Hall–Kier alpha value is -0.940. The standard InChI is InChI=1S/C15H24N2O2S/c1-4-5-15(14(18)19)6-8-17(9-7-15)10-13-11(2)16-12(3)20-13/h4-10H2,1-3H3,(H,18,19). The number of hydrogen-bond donors (Lipinski definition) is 1. The number of hydrogen-bond acceptors (Lipinski definition) is 4. The zero-order valence-corrected chi connectivity index (χ0v) is 13.4. The SMILES string of the molecule is CCCC1(C(=O)O)CCN(Cc2sc(C)nc2C)CC1. The van der Waals surface area contributed by atoms with Crippen LogP contribution in [0.25, 0.3) is 0 Å². The summed E-state index contributed by atoms with van der Waals surface area (Å²) >= 11 is 1.76. The Bertz CT molecular complexity index is 476. The number of aromatic nitrogens is 1. The van der Waals surface area contributed by atoms with Crippen molar-refractivity contribution in [1.29, 1.82) is 0 Å². The Kier molecular flexibility index (Phi) is 4.81. The number of carbonyl (C=O) groups is 1. The smallest absolute Gasteiger partial charge is 0.309 e. The maximum atomic E-state index is 11.6. The molecule has 0 aliphatic carbocycles. The summed E-state index contributed by atoms with van der Waals surface area (Å²) in [5, 5.41) is 10.6. The molecular formula is C15H24N2O2S. The van der Waals surface area contributed by atoms with Gasteiger partial charge in [-0.15, -0.1) is 11.3 Å². The van der Waals surface area contributed by atoms with E-state index in [1.54, 1.807) is 11.3 Å². The molecule has 0 bridgehead atoms. The highest BCUT2D eigenvalue weighted by atomic mass is 32.1. The highest BCUT2D eigenvalue weighted by Gasteiger charge is 2.40. The first-order valence-corrected chi connectivity index (χ1v) is 8.17. The predicted octanol–water partition coefficient (Wildman–Crippen LogP) is 3.23. The van der Waals surface area contributed by atoms with E-state index >= 15 is 0 Å². The van der Waals surface area contributed by atoms with Gasteiger partial charge in [0.2, 0.25) is 0 Å². The van der Waals surface area contributed by atoms with Crippen molar-refractivity contribution in [2.45, 2.75) is 53.0 Å². The number of rotatable bonds is 5. The zero-order chi connectivity index (χ0) is 14.8. The number of nitrogens with zero attached hydrogens (tertiary/aromatic N) is 2. The largest absolute Gasteiger partial charge is 0.481 e. The normalized spacial score (nSPS) is 19.1. The van der Waals surface area contributed by atoms with Gasteiger partial charge in [0.25, 0.3) is 0 Å². The predicted molar refractivity (Wildman–Crippen MR) is 81.1 cm³/mol. The Morgan fingerprint density at radius 2 is 2.05 bits per heavy atom. The Labute approximate surface area is 124 Å². The van der Waals surface area contributed by atoms with Crippen molar-refractivity contribution in [3.63, 3.8) is 0 Å². The molecule has 0 spiro atoms. The molecule has 20 heavy (non-hydrogen) atoms. The molecule has 2 rings (SSSR count). The van der Waals surface area contributed by atoms with Crippen molar-refractivity contribution < 1.29 is 9.90 Å². The summed E-state index contributed by atoms with van der Waals surface area (Å²) in [4.78, 5) is 19.7. The van der Waals surface area contributed by atoms with Crippen LogP contribution < -0.4 is 0 Å². The molecule has 0 saturated carbocycles. The molecule has 1 aliphatic heterocycles.